The Balaban J connectivity index is 1.82. The van der Waals surface area contributed by atoms with E-state index in [1.165, 1.54) is 7.11 Å². The molecule has 1 aliphatic carbocycles. The third kappa shape index (κ3) is 1.84. The monoisotopic (exact) mass is 380 g/mol. The molecular weight excluding hydrogens is 356 g/mol. The highest BCUT2D eigenvalue weighted by atomic mass is 16.5. The van der Waals surface area contributed by atoms with Crippen molar-refractivity contribution in [3.63, 3.8) is 0 Å². The summed E-state index contributed by atoms with van der Waals surface area (Å²) in [6.07, 6.45) is 5.63. The summed E-state index contributed by atoms with van der Waals surface area (Å²) in [4.78, 5) is 33.8. The Kier molecular flexibility index (Phi) is 3.63. The van der Waals surface area contributed by atoms with Gasteiger partial charge in [0.1, 0.15) is 5.75 Å². The normalized spacial score (nSPS) is 35.1. The number of rotatable bonds is 3. The molecule has 6 nitrogen and oxygen atoms in total. The van der Waals surface area contributed by atoms with Crippen LogP contribution in [0.15, 0.2) is 35.3 Å². The van der Waals surface area contributed by atoms with Gasteiger partial charge in [0.15, 0.2) is 11.7 Å². The van der Waals surface area contributed by atoms with E-state index in [2.05, 4.69) is 23.1 Å². The molecule has 0 aromatic heterocycles. The molecule has 4 aliphatic rings. The van der Waals surface area contributed by atoms with Crippen LogP contribution in [0.5, 0.6) is 5.75 Å². The third-order valence-electron chi connectivity index (χ3n) is 7.27. The van der Waals surface area contributed by atoms with Crippen LogP contribution in [-0.4, -0.2) is 55.7 Å². The number of esters is 1. The molecule has 0 N–H and O–H groups in total. The zero-order chi connectivity index (χ0) is 19.7. The maximum absolute atomic E-state index is 13.8. The summed E-state index contributed by atoms with van der Waals surface area (Å²) >= 11 is 0. The fourth-order valence-electron chi connectivity index (χ4n) is 6.13. The molecule has 146 valence electrons. The second kappa shape index (κ2) is 5.77. The van der Waals surface area contributed by atoms with Crippen molar-refractivity contribution in [3.8, 4) is 5.75 Å². The Morgan fingerprint density at radius 1 is 1.36 bits per heavy atom. The topological polar surface area (TPSA) is 68.2 Å². The number of Topliss-reactive ketones (excluding diaryl/α,β-unsaturated/α-hetero) is 1. The molecule has 1 spiro atoms. The molecule has 0 radical (unpaired) electrons. The van der Waals surface area contributed by atoms with Gasteiger partial charge in [-0.15, -0.1) is 0 Å². The van der Waals surface area contributed by atoms with Gasteiger partial charge in [0, 0.05) is 25.2 Å². The number of ether oxygens (including phenoxy) is 2. The molecule has 6 heteroatoms. The molecule has 1 aromatic rings. The second-order valence-corrected chi connectivity index (χ2v) is 8.12. The van der Waals surface area contributed by atoms with Gasteiger partial charge in [0.05, 0.1) is 36.4 Å². The van der Waals surface area contributed by atoms with Crippen LogP contribution in [0.25, 0.3) is 0 Å². The van der Waals surface area contributed by atoms with Gasteiger partial charge in [0.25, 0.3) is 0 Å². The SMILES string of the molecule is CC[C@]12C=CCN3CC[C@]4(C(=Nc5cc(OC)ccc54)C(C(=O)OC)C1=O)C32. The Bertz CT molecular complexity index is 952. The van der Waals surface area contributed by atoms with E-state index in [1.807, 2.05) is 19.1 Å². The van der Waals surface area contributed by atoms with E-state index in [-0.39, 0.29) is 11.8 Å². The van der Waals surface area contributed by atoms with Crippen molar-refractivity contribution in [2.24, 2.45) is 16.3 Å². The van der Waals surface area contributed by atoms with Crippen LogP contribution >= 0.6 is 0 Å². The van der Waals surface area contributed by atoms with Crippen LogP contribution in [0.3, 0.4) is 0 Å². The van der Waals surface area contributed by atoms with Crippen LogP contribution in [0.4, 0.5) is 5.69 Å². The first-order valence-electron chi connectivity index (χ1n) is 9.85. The maximum Gasteiger partial charge on any atom is 0.322 e. The van der Waals surface area contributed by atoms with E-state index in [0.717, 1.165) is 36.5 Å². The minimum Gasteiger partial charge on any atom is -0.497 e. The minimum atomic E-state index is -0.956. The van der Waals surface area contributed by atoms with E-state index < -0.39 is 22.7 Å². The maximum atomic E-state index is 13.8. The molecule has 3 aliphatic heterocycles. The largest absolute Gasteiger partial charge is 0.497 e. The van der Waals surface area contributed by atoms with Crippen molar-refractivity contribution in [3.05, 3.63) is 35.9 Å². The predicted octanol–water partition coefficient (Wildman–Crippen LogP) is 2.43. The van der Waals surface area contributed by atoms with Crippen molar-refractivity contribution in [1.82, 2.24) is 4.90 Å². The van der Waals surface area contributed by atoms with E-state index in [1.54, 1.807) is 7.11 Å². The zero-order valence-corrected chi connectivity index (χ0v) is 16.4. The lowest BCUT2D eigenvalue weighted by Crippen LogP contribution is -2.68. The lowest BCUT2D eigenvalue weighted by molar-refractivity contribution is -0.151. The Morgan fingerprint density at radius 2 is 2.18 bits per heavy atom. The zero-order valence-electron chi connectivity index (χ0n) is 16.4. The number of nitrogens with zero attached hydrogens (tertiary/aromatic N) is 2. The van der Waals surface area contributed by atoms with Gasteiger partial charge < -0.3 is 9.47 Å². The highest BCUT2D eigenvalue weighted by Crippen LogP contribution is 2.61. The summed E-state index contributed by atoms with van der Waals surface area (Å²) in [6, 6.07) is 5.90. The first-order chi connectivity index (χ1) is 13.5. The van der Waals surface area contributed by atoms with Crippen molar-refractivity contribution in [2.75, 3.05) is 27.3 Å². The Morgan fingerprint density at radius 3 is 2.89 bits per heavy atom. The van der Waals surface area contributed by atoms with Gasteiger partial charge in [0.2, 0.25) is 0 Å². The Labute approximate surface area is 164 Å². The van der Waals surface area contributed by atoms with E-state index in [9.17, 15) is 9.59 Å². The molecule has 0 bridgehead atoms. The minimum absolute atomic E-state index is 0.0169. The van der Waals surface area contributed by atoms with Crippen molar-refractivity contribution < 1.29 is 19.1 Å². The summed E-state index contributed by atoms with van der Waals surface area (Å²) in [7, 11) is 2.97. The van der Waals surface area contributed by atoms with E-state index in [0.29, 0.717) is 12.1 Å². The second-order valence-electron chi connectivity index (χ2n) is 8.12. The Hall–Kier alpha value is -2.47. The third-order valence-corrected chi connectivity index (χ3v) is 7.27. The van der Waals surface area contributed by atoms with Gasteiger partial charge >= 0.3 is 5.97 Å². The standard InChI is InChI=1S/C22H24N2O4/c1-4-21-8-5-10-24-11-9-22(20(21)24)14-7-6-13(27-2)12-15(14)23-17(22)16(18(21)25)19(26)28-3/h5-8,12,16,20H,4,9-11H2,1-3H3/t16?,20?,21-,22-/m0/s1. The highest BCUT2D eigenvalue weighted by Gasteiger charge is 2.71. The number of hydrogen-bond donors (Lipinski definition) is 0. The molecule has 1 saturated carbocycles. The summed E-state index contributed by atoms with van der Waals surface area (Å²) in [5.74, 6) is -0.822. The lowest BCUT2D eigenvalue weighted by Gasteiger charge is -2.54. The van der Waals surface area contributed by atoms with Crippen LogP contribution in [-0.2, 0) is 19.7 Å². The van der Waals surface area contributed by atoms with Gasteiger partial charge in [-0.2, -0.15) is 0 Å². The summed E-state index contributed by atoms with van der Waals surface area (Å²) < 4.78 is 10.5. The average Bonchev–Trinajstić information content (AvgIpc) is 3.27. The van der Waals surface area contributed by atoms with Gasteiger partial charge in [-0.3, -0.25) is 19.5 Å². The highest BCUT2D eigenvalue weighted by molar-refractivity contribution is 6.28. The molecule has 5 rings (SSSR count). The smallest absolute Gasteiger partial charge is 0.322 e. The van der Waals surface area contributed by atoms with Crippen molar-refractivity contribution >= 4 is 23.2 Å². The van der Waals surface area contributed by atoms with E-state index >= 15 is 0 Å². The van der Waals surface area contributed by atoms with Gasteiger partial charge in [-0.05, 0) is 24.5 Å². The molecule has 2 fully saturated rings. The molecule has 4 atom stereocenters. The number of carbonyl (C=O) groups excluding carboxylic acids is 2. The number of carbonyl (C=O) groups is 2. The quantitative estimate of drug-likeness (QED) is 0.458. The molecule has 1 aromatic carbocycles. The van der Waals surface area contributed by atoms with Crippen LogP contribution in [0, 0.1) is 11.3 Å². The summed E-state index contributed by atoms with van der Waals surface area (Å²) in [5.41, 5.74) is 1.44. The van der Waals surface area contributed by atoms with Crippen molar-refractivity contribution in [2.45, 2.75) is 31.2 Å². The summed E-state index contributed by atoms with van der Waals surface area (Å²) in [6.45, 7) is 3.74. The van der Waals surface area contributed by atoms with Crippen LogP contribution in [0.2, 0.25) is 0 Å². The number of benzene rings is 1. The van der Waals surface area contributed by atoms with Crippen molar-refractivity contribution in [1.29, 1.82) is 0 Å². The first kappa shape index (κ1) is 17.6. The average molecular weight is 380 g/mol. The fourth-order valence-corrected chi connectivity index (χ4v) is 6.13. The summed E-state index contributed by atoms with van der Waals surface area (Å²) in [5, 5.41) is 0. The molecular formula is C22H24N2O4. The molecule has 28 heavy (non-hydrogen) atoms. The predicted molar refractivity (Wildman–Crippen MR) is 104 cm³/mol. The number of hydrogen-bond acceptors (Lipinski definition) is 6. The molecule has 1 saturated heterocycles. The lowest BCUT2D eigenvalue weighted by atomic mass is 9.51. The van der Waals surface area contributed by atoms with Crippen LogP contribution < -0.4 is 4.74 Å². The van der Waals surface area contributed by atoms with E-state index in [4.69, 9.17) is 14.5 Å². The van der Waals surface area contributed by atoms with Gasteiger partial charge in [-0.1, -0.05) is 25.1 Å². The first-order valence-corrected chi connectivity index (χ1v) is 9.85. The number of methoxy groups -OCH3 is 2. The number of fused-ring (bicyclic) bond motifs is 1. The van der Waals surface area contributed by atoms with Crippen LogP contribution in [0.1, 0.15) is 25.3 Å². The molecule has 0 amide bonds. The number of aliphatic imine (C=N–C) groups is 1. The molecule has 2 unspecified atom stereocenters. The molecule has 3 heterocycles. The fraction of sp³-hybridized carbons (Fsp3) is 0.500. The van der Waals surface area contributed by atoms with Gasteiger partial charge in [-0.25, -0.2) is 0 Å². The number of ketones is 1.